The summed E-state index contributed by atoms with van der Waals surface area (Å²) in [5.74, 6) is -2.04. The lowest BCUT2D eigenvalue weighted by Gasteiger charge is -2.16. The van der Waals surface area contributed by atoms with Crippen molar-refractivity contribution in [3.05, 3.63) is 70.5 Å². The fourth-order valence-corrected chi connectivity index (χ4v) is 2.53. The largest absolute Gasteiger partial charge is 0.545 e. The number of aromatic carboxylic acids is 1. The molecule has 0 saturated heterocycles. The van der Waals surface area contributed by atoms with Crippen LogP contribution in [0.25, 0.3) is 0 Å². The van der Waals surface area contributed by atoms with E-state index in [0.29, 0.717) is 18.7 Å². The summed E-state index contributed by atoms with van der Waals surface area (Å²) in [7, 11) is 0. The molecule has 0 N–H and O–H groups in total. The van der Waals surface area contributed by atoms with Gasteiger partial charge in [0.2, 0.25) is 0 Å². The van der Waals surface area contributed by atoms with E-state index in [1.165, 1.54) is 23.1 Å². The minimum absolute atomic E-state index is 0.0842. The number of carboxylic acids is 1. The van der Waals surface area contributed by atoms with Crippen LogP contribution in [0.4, 0.5) is 4.39 Å². The predicted octanol–water partition coefficient (Wildman–Crippen LogP) is 1.35. The van der Waals surface area contributed by atoms with Gasteiger partial charge in [0, 0.05) is 18.7 Å². The van der Waals surface area contributed by atoms with Gasteiger partial charge >= 0.3 is 0 Å². The number of carbonyl (C=O) groups is 2. The summed E-state index contributed by atoms with van der Waals surface area (Å²) in [6.07, 6.45) is 0. The standard InChI is InChI=1S/C16H12FNO3/c17-12-6-4-10(5-7-12)8-18-9-11-2-1-3-13(16(20)21)14(11)15(18)19/h1-7H,8-9H2,(H,20,21)/p-1. The van der Waals surface area contributed by atoms with Crippen LogP contribution in [-0.2, 0) is 13.1 Å². The van der Waals surface area contributed by atoms with Gasteiger partial charge in [0.05, 0.1) is 11.5 Å². The number of amides is 1. The van der Waals surface area contributed by atoms with Crippen molar-refractivity contribution >= 4 is 11.9 Å². The Kier molecular flexibility index (Phi) is 3.17. The number of halogens is 1. The fourth-order valence-electron chi connectivity index (χ4n) is 2.53. The molecular formula is C16H11FNO3-. The van der Waals surface area contributed by atoms with Crippen LogP contribution in [0.1, 0.15) is 31.8 Å². The molecule has 106 valence electrons. The number of carbonyl (C=O) groups excluding carboxylic acids is 2. The highest BCUT2D eigenvalue weighted by Gasteiger charge is 2.29. The number of rotatable bonds is 3. The highest BCUT2D eigenvalue weighted by molar-refractivity contribution is 6.07. The van der Waals surface area contributed by atoms with Crippen LogP contribution in [0.2, 0.25) is 0 Å². The first-order valence-electron chi connectivity index (χ1n) is 6.43. The number of carboxylic acid groups (broad SMARTS) is 1. The lowest BCUT2D eigenvalue weighted by molar-refractivity contribution is -0.255. The second-order valence-corrected chi connectivity index (χ2v) is 4.91. The molecule has 0 unspecified atom stereocenters. The summed E-state index contributed by atoms with van der Waals surface area (Å²) < 4.78 is 12.9. The summed E-state index contributed by atoms with van der Waals surface area (Å²) in [4.78, 5) is 25.0. The summed E-state index contributed by atoms with van der Waals surface area (Å²) in [6.45, 7) is 0.646. The van der Waals surface area contributed by atoms with Crippen molar-refractivity contribution in [1.82, 2.24) is 4.90 Å². The topological polar surface area (TPSA) is 60.4 Å². The van der Waals surface area contributed by atoms with Crippen molar-refractivity contribution in [2.45, 2.75) is 13.1 Å². The Morgan fingerprint density at radius 3 is 2.57 bits per heavy atom. The molecule has 2 aromatic carbocycles. The van der Waals surface area contributed by atoms with E-state index in [9.17, 15) is 19.1 Å². The molecule has 0 bridgehead atoms. The number of benzene rings is 2. The highest BCUT2D eigenvalue weighted by atomic mass is 19.1. The smallest absolute Gasteiger partial charge is 0.255 e. The second kappa shape index (κ2) is 5.01. The van der Waals surface area contributed by atoms with Crippen molar-refractivity contribution < 1.29 is 19.1 Å². The molecule has 0 saturated carbocycles. The number of hydrogen-bond acceptors (Lipinski definition) is 3. The van der Waals surface area contributed by atoms with Crippen molar-refractivity contribution in [2.24, 2.45) is 0 Å². The van der Waals surface area contributed by atoms with Gasteiger partial charge in [-0.2, -0.15) is 0 Å². The van der Waals surface area contributed by atoms with Gasteiger partial charge in [0.15, 0.2) is 0 Å². The summed E-state index contributed by atoms with van der Waals surface area (Å²) in [6, 6.07) is 10.6. The van der Waals surface area contributed by atoms with Gasteiger partial charge in [-0.1, -0.05) is 30.3 Å². The van der Waals surface area contributed by atoms with Gasteiger partial charge in [0.25, 0.3) is 5.91 Å². The predicted molar refractivity (Wildman–Crippen MR) is 70.8 cm³/mol. The van der Waals surface area contributed by atoms with E-state index in [2.05, 4.69) is 0 Å². The van der Waals surface area contributed by atoms with Crippen LogP contribution in [0.15, 0.2) is 42.5 Å². The average Bonchev–Trinajstić information content (AvgIpc) is 2.78. The Morgan fingerprint density at radius 1 is 1.19 bits per heavy atom. The second-order valence-electron chi connectivity index (χ2n) is 4.91. The number of hydrogen-bond donors (Lipinski definition) is 0. The lowest BCUT2D eigenvalue weighted by Crippen LogP contribution is -2.27. The summed E-state index contributed by atoms with van der Waals surface area (Å²) in [5, 5.41) is 11.1. The fraction of sp³-hybridized carbons (Fsp3) is 0.125. The van der Waals surface area contributed by atoms with E-state index in [1.54, 1.807) is 24.3 Å². The molecular weight excluding hydrogens is 273 g/mol. The molecule has 2 aromatic rings. The Hall–Kier alpha value is -2.69. The number of nitrogens with zero attached hydrogens (tertiary/aromatic N) is 1. The van der Waals surface area contributed by atoms with Crippen LogP contribution >= 0.6 is 0 Å². The quantitative estimate of drug-likeness (QED) is 0.854. The van der Waals surface area contributed by atoms with Crippen LogP contribution in [-0.4, -0.2) is 16.8 Å². The molecule has 5 heteroatoms. The van der Waals surface area contributed by atoms with Crippen molar-refractivity contribution in [1.29, 1.82) is 0 Å². The number of fused-ring (bicyclic) bond motifs is 1. The average molecular weight is 284 g/mol. The zero-order valence-corrected chi connectivity index (χ0v) is 11.0. The highest BCUT2D eigenvalue weighted by Crippen LogP contribution is 2.27. The molecule has 3 rings (SSSR count). The van der Waals surface area contributed by atoms with E-state index in [4.69, 9.17) is 0 Å². The first-order chi connectivity index (χ1) is 10.1. The molecule has 0 atom stereocenters. The Labute approximate surface area is 120 Å². The van der Waals surface area contributed by atoms with Gasteiger partial charge < -0.3 is 14.8 Å². The maximum absolute atomic E-state index is 12.9. The Bertz CT molecular complexity index is 725. The van der Waals surface area contributed by atoms with E-state index in [0.717, 1.165) is 5.56 Å². The molecule has 0 aromatic heterocycles. The van der Waals surface area contributed by atoms with Gasteiger partial charge in [-0.15, -0.1) is 0 Å². The molecule has 0 fully saturated rings. The van der Waals surface area contributed by atoms with E-state index in [1.807, 2.05) is 0 Å². The molecule has 1 amide bonds. The molecule has 0 spiro atoms. The molecule has 1 heterocycles. The van der Waals surface area contributed by atoms with Gasteiger partial charge in [-0.25, -0.2) is 4.39 Å². The van der Waals surface area contributed by atoms with Gasteiger partial charge in [-0.05, 0) is 23.3 Å². The van der Waals surface area contributed by atoms with Crippen LogP contribution in [0.5, 0.6) is 0 Å². The van der Waals surface area contributed by atoms with Crippen LogP contribution in [0.3, 0.4) is 0 Å². The molecule has 1 aliphatic heterocycles. The van der Waals surface area contributed by atoms with Crippen molar-refractivity contribution in [3.63, 3.8) is 0 Å². The Morgan fingerprint density at radius 2 is 1.90 bits per heavy atom. The minimum atomic E-state index is -1.36. The molecule has 0 aliphatic carbocycles. The molecule has 1 aliphatic rings. The third-order valence-electron chi connectivity index (χ3n) is 3.52. The first kappa shape index (κ1) is 13.3. The Balaban J connectivity index is 1.89. The molecule has 0 radical (unpaired) electrons. The van der Waals surface area contributed by atoms with Gasteiger partial charge in [-0.3, -0.25) is 4.79 Å². The van der Waals surface area contributed by atoms with Crippen molar-refractivity contribution in [2.75, 3.05) is 0 Å². The summed E-state index contributed by atoms with van der Waals surface area (Å²) >= 11 is 0. The third-order valence-corrected chi connectivity index (χ3v) is 3.52. The maximum Gasteiger partial charge on any atom is 0.255 e. The maximum atomic E-state index is 12.9. The van der Waals surface area contributed by atoms with Crippen LogP contribution < -0.4 is 5.11 Å². The van der Waals surface area contributed by atoms with E-state index >= 15 is 0 Å². The summed E-state index contributed by atoms with van der Waals surface area (Å²) in [5.41, 5.74) is 1.56. The molecule has 4 nitrogen and oxygen atoms in total. The third kappa shape index (κ3) is 2.38. The lowest BCUT2D eigenvalue weighted by atomic mass is 10.0. The van der Waals surface area contributed by atoms with Crippen molar-refractivity contribution in [3.8, 4) is 0 Å². The molecule has 21 heavy (non-hydrogen) atoms. The minimum Gasteiger partial charge on any atom is -0.545 e. The zero-order chi connectivity index (χ0) is 15.0. The van der Waals surface area contributed by atoms with Gasteiger partial charge in [0.1, 0.15) is 5.82 Å². The van der Waals surface area contributed by atoms with E-state index < -0.39 is 5.97 Å². The first-order valence-corrected chi connectivity index (χ1v) is 6.43. The zero-order valence-electron chi connectivity index (χ0n) is 11.0. The normalized spacial score (nSPS) is 13.4. The van der Waals surface area contributed by atoms with Crippen LogP contribution in [0, 0.1) is 5.82 Å². The van der Waals surface area contributed by atoms with E-state index in [-0.39, 0.29) is 22.9 Å². The SMILES string of the molecule is O=C([O-])c1cccc2c1C(=O)N(Cc1ccc(F)cc1)C2. The monoisotopic (exact) mass is 284 g/mol.